The summed E-state index contributed by atoms with van der Waals surface area (Å²) in [4.78, 5) is 21.0. The van der Waals surface area contributed by atoms with Crippen LogP contribution in [0.3, 0.4) is 0 Å². The van der Waals surface area contributed by atoms with Crippen LogP contribution in [0.2, 0.25) is 5.02 Å². The van der Waals surface area contributed by atoms with Crippen LogP contribution in [-0.2, 0) is 16.0 Å². The van der Waals surface area contributed by atoms with E-state index in [1.807, 2.05) is 0 Å². The zero-order valence-corrected chi connectivity index (χ0v) is 9.52. The van der Waals surface area contributed by atoms with Gasteiger partial charge in [-0.25, -0.2) is 0 Å². The molecule has 0 amide bonds. The van der Waals surface area contributed by atoms with Gasteiger partial charge in [0.2, 0.25) is 0 Å². The van der Waals surface area contributed by atoms with E-state index >= 15 is 0 Å². The molecule has 17 heavy (non-hydrogen) atoms. The Labute approximate surface area is 102 Å². The third-order valence-corrected chi connectivity index (χ3v) is 2.40. The second kappa shape index (κ2) is 5.27. The second-order valence-corrected chi connectivity index (χ2v) is 3.49. The van der Waals surface area contributed by atoms with Crippen LogP contribution in [0.25, 0.3) is 0 Å². The van der Waals surface area contributed by atoms with E-state index in [1.165, 1.54) is 13.2 Å². The van der Waals surface area contributed by atoms with E-state index in [2.05, 4.69) is 4.74 Å². The molecule has 6 nitrogen and oxygen atoms in total. The molecule has 88 valence electrons. The molecule has 0 N–H and O–H groups in total. The largest absolute Gasteiger partial charge is 0.469 e. The molecule has 0 aliphatic carbocycles. The molecule has 1 rings (SSSR count). The van der Waals surface area contributed by atoms with Crippen molar-refractivity contribution in [1.29, 1.82) is 5.26 Å². The van der Waals surface area contributed by atoms with Gasteiger partial charge in [0.15, 0.2) is 0 Å². The highest BCUT2D eigenvalue weighted by Crippen LogP contribution is 2.27. The van der Waals surface area contributed by atoms with Gasteiger partial charge in [0.1, 0.15) is 11.6 Å². The number of ether oxygens (including phenoxy) is 1. The number of nitro benzene ring substituents is 1. The summed E-state index contributed by atoms with van der Waals surface area (Å²) in [6, 6.07) is 3.96. The summed E-state index contributed by atoms with van der Waals surface area (Å²) < 4.78 is 4.45. The normalized spacial score (nSPS) is 9.47. The number of methoxy groups -OCH3 is 1. The molecule has 0 saturated carbocycles. The minimum Gasteiger partial charge on any atom is -0.469 e. The van der Waals surface area contributed by atoms with Crippen molar-refractivity contribution in [2.75, 3.05) is 7.11 Å². The molecule has 0 atom stereocenters. The zero-order chi connectivity index (χ0) is 13.0. The lowest BCUT2D eigenvalue weighted by Gasteiger charge is -2.04. The highest BCUT2D eigenvalue weighted by Gasteiger charge is 2.18. The van der Waals surface area contributed by atoms with Crippen LogP contribution < -0.4 is 0 Å². The Balaban J connectivity index is 3.24. The number of carbonyl (C=O) groups excluding carboxylic acids is 1. The first-order valence-corrected chi connectivity index (χ1v) is 4.81. The number of nitrogens with zero attached hydrogens (tertiary/aromatic N) is 2. The number of nitro groups is 1. The Kier molecular flexibility index (Phi) is 4.01. The maximum atomic E-state index is 11.1. The molecule has 0 unspecified atom stereocenters. The summed E-state index contributed by atoms with van der Waals surface area (Å²) in [6.45, 7) is 0. The van der Waals surface area contributed by atoms with Gasteiger partial charge in [0.05, 0.1) is 23.5 Å². The second-order valence-electron chi connectivity index (χ2n) is 3.08. The fourth-order valence-corrected chi connectivity index (χ4v) is 1.44. The van der Waals surface area contributed by atoms with Gasteiger partial charge in [-0.15, -0.1) is 0 Å². The number of benzene rings is 1. The van der Waals surface area contributed by atoms with E-state index in [0.717, 1.165) is 6.07 Å². The first kappa shape index (κ1) is 12.9. The monoisotopic (exact) mass is 254 g/mol. The number of rotatable bonds is 3. The molecule has 7 heteroatoms. The van der Waals surface area contributed by atoms with Crippen LogP contribution in [-0.4, -0.2) is 18.0 Å². The Morgan fingerprint density at radius 2 is 2.29 bits per heavy atom. The van der Waals surface area contributed by atoms with Crippen molar-refractivity contribution in [1.82, 2.24) is 0 Å². The summed E-state index contributed by atoms with van der Waals surface area (Å²) in [5.41, 5.74) is -0.204. The van der Waals surface area contributed by atoms with Gasteiger partial charge in [-0.2, -0.15) is 5.26 Å². The molecule has 0 bridgehead atoms. The summed E-state index contributed by atoms with van der Waals surface area (Å²) in [7, 11) is 1.22. The van der Waals surface area contributed by atoms with Crippen molar-refractivity contribution in [2.24, 2.45) is 0 Å². The van der Waals surface area contributed by atoms with E-state index in [4.69, 9.17) is 16.9 Å². The Bertz CT molecular complexity index is 522. The van der Waals surface area contributed by atoms with E-state index in [1.54, 1.807) is 6.07 Å². The first-order valence-electron chi connectivity index (χ1n) is 4.43. The highest BCUT2D eigenvalue weighted by molar-refractivity contribution is 6.31. The average molecular weight is 255 g/mol. The lowest BCUT2D eigenvalue weighted by Crippen LogP contribution is -2.06. The lowest BCUT2D eigenvalue weighted by molar-refractivity contribution is -0.385. The van der Waals surface area contributed by atoms with Crippen molar-refractivity contribution < 1.29 is 14.5 Å². The van der Waals surface area contributed by atoms with Crippen LogP contribution in [0.15, 0.2) is 12.1 Å². The minimum atomic E-state index is -0.702. The van der Waals surface area contributed by atoms with Gasteiger partial charge in [-0.1, -0.05) is 11.6 Å². The summed E-state index contributed by atoms with van der Waals surface area (Å²) >= 11 is 5.78. The maximum Gasteiger partial charge on any atom is 0.310 e. The standard InChI is InChI=1S/C10H7ClN2O4/c1-17-10(14)3-6-2-7(5-12)9(13(15)16)4-8(6)11/h2,4H,3H2,1H3. The minimum absolute atomic E-state index is 0.0566. The number of halogens is 1. The SMILES string of the molecule is COC(=O)Cc1cc(C#N)c([N+](=O)[O-])cc1Cl. The number of nitriles is 1. The third kappa shape index (κ3) is 2.92. The predicted molar refractivity (Wildman–Crippen MR) is 58.5 cm³/mol. The number of esters is 1. The van der Waals surface area contributed by atoms with Crippen LogP contribution in [0.1, 0.15) is 11.1 Å². The molecule has 0 aromatic heterocycles. The van der Waals surface area contributed by atoms with Crippen molar-refractivity contribution >= 4 is 23.3 Å². The van der Waals surface area contributed by atoms with Crippen molar-refractivity contribution in [3.05, 3.63) is 38.4 Å². The molecule has 0 aliphatic heterocycles. The van der Waals surface area contributed by atoms with Crippen LogP contribution in [0.4, 0.5) is 5.69 Å². The van der Waals surface area contributed by atoms with Gasteiger partial charge < -0.3 is 4.74 Å². The number of hydrogen-bond acceptors (Lipinski definition) is 5. The van der Waals surface area contributed by atoms with Crippen LogP contribution >= 0.6 is 11.6 Å². The fourth-order valence-electron chi connectivity index (χ4n) is 1.21. The van der Waals surface area contributed by atoms with E-state index in [-0.39, 0.29) is 22.7 Å². The van der Waals surface area contributed by atoms with Crippen molar-refractivity contribution in [2.45, 2.75) is 6.42 Å². The molecular weight excluding hydrogens is 248 g/mol. The van der Waals surface area contributed by atoms with Crippen LogP contribution in [0.5, 0.6) is 0 Å². The predicted octanol–water partition coefficient (Wildman–Crippen LogP) is 1.84. The quantitative estimate of drug-likeness (QED) is 0.466. The molecular formula is C10H7ClN2O4. The first-order chi connectivity index (χ1) is 7.99. The molecule has 0 fully saturated rings. The Morgan fingerprint density at radius 3 is 2.76 bits per heavy atom. The molecule has 1 aromatic carbocycles. The number of hydrogen-bond donors (Lipinski definition) is 0. The Morgan fingerprint density at radius 1 is 1.65 bits per heavy atom. The zero-order valence-electron chi connectivity index (χ0n) is 8.77. The van der Waals surface area contributed by atoms with Gasteiger partial charge in [-0.3, -0.25) is 14.9 Å². The summed E-state index contributed by atoms with van der Waals surface area (Å²) in [5.74, 6) is -0.537. The third-order valence-electron chi connectivity index (χ3n) is 2.04. The maximum absolute atomic E-state index is 11.1. The molecule has 0 aliphatic rings. The summed E-state index contributed by atoms with van der Waals surface area (Å²) in [5, 5.41) is 19.4. The van der Waals surface area contributed by atoms with E-state index in [0.29, 0.717) is 5.56 Å². The topological polar surface area (TPSA) is 93.2 Å². The smallest absolute Gasteiger partial charge is 0.310 e. The van der Waals surface area contributed by atoms with Crippen molar-refractivity contribution in [3.8, 4) is 6.07 Å². The number of carbonyl (C=O) groups is 1. The van der Waals surface area contributed by atoms with Crippen LogP contribution in [0, 0.1) is 21.4 Å². The van der Waals surface area contributed by atoms with Gasteiger partial charge >= 0.3 is 5.97 Å². The highest BCUT2D eigenvalue weighted by atomic mass is 35.5. The average Bonchev–Trinajstić information content (AvgIpc) is 2.30. The molecule has 0 radical (unpaired) electrons. The van der Waals surface area contributed by atoms with Gasteiger partial charge in [0.25, 0.3) is 5.69 Å². The molecule has 0 spiro atoms. The Hall–Kier alpha value is -2.13. The van der Waals surface area contributed by atoms with Gasteiger partial charge in [-0.05, 0) is 11.6 Å². The van der Waals surface area contributed by atoms with E-state index in [9.17, 15) is 14.9 Å². The van der Waals surface area contributed by atoms with Crippen molar-refractivity contribution in [3.63, 3.8) is 0 Å². The molecule has 0 heterocycles. The summed E-state index contributed by atoms with van der Waals surface area (Å²) in [6.07, 6.45) is -0.137. The molecule has 0 saturated heterocycles. The van der Waals surface area contributed by atoms with Gasteiger partial charge in [0, 0.05) is 6.07 Å². The van der Waals surface area contributed by atoms with E-state index < -0.39 is 10.9 Å². The molecule has 1 aromatic rings. The fraction of sp³-hybridized carbons (Fsp3) is 0.200. The lowest BCUT2D eigenvalue weighted by atomic mass is 10.1.